The van der Waals surface area contributed by atoms with E-state index in [-0.39, 0.29) is 18.2 Å². The third-order valence-corrected chi connectivity index (χ3v) is 5.88. The number of nitro groups is 1. The molecular formula is C21H21N3O6S. The zero-order chi connectivity index (χ0) is 22.5. The molecule has 10 heteroatoms. The van der Waals surface area contributed by atoms with Crippen LogP contribution in [0.4, 0.5) is 10.7 Å². The number of nitrogens with zero attached hydrogens (tertiary/aromatic N) is 2. The summed E-state index contributed by atoms with van der Waals surface area (Å²) in [6, 6.07) is 5.77. The number of esters is 1. The van der Waals surface area contributed by atoms with E-state index < -0.39 is 16.8 Å². The van der Waals surface area contributed by atoms with E-state index in [1.807, 2.05) is 0 Å². The largest absolute Gasteiger partial charge is 0.462 e. The van der Waals surface area contributed by atoms with Crippen molar-refractivity contribution >= 4 is 45.9 Å². The van der Waals surface area contributed by atoms with Gasteiger partial charge in [0.25, 0.3) is 5.69 Å². The minimum absolute atomic E-state index is 0.0375. The molecule has 0 saturated carbocycles. The van der Waals surface area contributed by atoms with Crippen molar-refractivity contribution in [1.82, 2.24) is 4.90 Å². The van der Waals surface area contributed by atoms with Crippen molar-refractivity contribution in [3.8, 4) is 0 Å². The average molecular weight is 443 g/mol. The van der Waals surface area contributed by atoms with Gasteiger partial charge in [-0.15, -0.1) is 11.3 Å². The van der Waals surface area contributed by atoms with Crippen LogP contribution < -0.4 is 5.32 Å². The number of hydrogen-bond donors (Lipinski definition) is 1. The van der Waals surface area contributed by atoms with Gasteiger partial charge in [0, 0.05) is 36.6 Å². The summed E-state index contributed by atoms with van der Waals surface area (Å²) in [6.07, 6.45) is 3.32. The van der Waals surface area contributed by atoms with E-state index >= 15 is 0 Å². The van der Waals surface area contributed by atoms with Gasteiger partial charge < -0.3 is 15.0 Å². The zero-order valence-electron chi connectivity index (χ0n) is 17.0. The van der Waals surface area contributed by atoms with Gasteiger partial charge in [-0.25, -0.2) is 4.79 Å². The Morgan fingerprint density at radius 3 is 2.61 bits per heavy atom. The van der Waals surface area contributed by atoms with E-state index in [0.717, 1.165) is 10.4 Å². The van der Waals surface area contributed by atoms with Crippen LogP contribution in [0.2, 0.25) is 0 Å². The number of thiophene rings is 1. The van der Waals surface area contributed by atoms with Gasteiger partial charge in [-0.05, 0) is 42.7 Å². The first-order valence-electron chi connectivity index (χ1n) is 9.60. The molecule has 2 amide bonds. The quantitative estimate of drug-likeness (QED) is 0.316. The van der Waals surface area contributed by atoms with Crippen LogP contribution in [0.5, 0.6) is 0 Å². The molecule has 1 aliphatic rings. The van der Waals surface area contributed by atoms with Gasteiger partial charge in [-0.3, -0.25) is 19.7 Å². The molecule has 1 aliphatic heterocycles. The van der Waals surface area contributed by atoms with E-state index in [1.165, 1.54) is 54.7 Å². The van der Waals surface area contributed by atoms with Crippen LogP contribution in [-0.2, 0) is 27.3 Å². The topological polar surface area (TPSA) is 119 Å². The maximum Gasteiger partial charge on any atom is 0.341 e. The molecule has 1 N–H and O–H groups in total. The SMILES string of the molecule is CCOC(=O)c1c(NC(=O)C=Cc2ccc([N+](=O)[O-])cc2)sc2c1CCN(C(C)=O)C2. The van der Waals surface area contributed by atoms with E-state index in [1.54, 1.807) is 11.8 Å². The Morgan fingerprint density at radius 2 is 2.00 bits per heavy atom. The number of hydrogen-bond acceptors (Lipinski definition) is 7. The van der Waals surface area contributed by atoms with Gasteiger partial charge in [0.1, 0.15) is 5.00 Å². The van der Waals surface area contributed by atoms with Gasteiger partial charge in [0.05, 0.1) is 23.6 Å². The molecule has 1 aromatic heterocycles. The summed E-state index contributed by atoms with van der Waals surface area (Å²) in [5.41, 5.74) is 1.72. The summed E-state index contributed by atoms with van der Waals surface area (Å²) in [6.45, 7) is 4.29. The molecule has 9 nitrogen and oxygen atoms in total. The normalized spacial score (nSPS) is 13.0. The van der Waals surface area contributed by atoms with Crippen molar-refractivity contribution in [3.05, 3.63) is 62.0 Å². The van der Waals surface area contributed by atoms with Crippen molar-refractivity contribution in [2.75, 3.05) is 18.5 Å². The first kappa shape index (κ1) is 22.2. The molecule has 1 aromatic carbocycles. The lowest BCUT2D eigenvalue weighted by atomic mass is 10.0. The highest BCUT2D eigenvalue weighted by Gasteiger charge is 2.30. The fraction of sp³-hybridized carbons (Fsp3) is 0.286. The molecule has 0 unspecified atom stereocenters. The molecule has 0 aliphatic carbocycles. The molecular weight excluding hydrogens is 422 g/mol. The number of non-ortho nitro benzene ring substituents is 1. The van der Waals surface area contributed by atoms with Gasteiger partial charge in [0.2, 0.25) is 11.8 Å². The maximum absolute atomic E-state index is 12.5. The van der Waals surface area contributed by atoms with Crippen LogP contribution in [-0.4, -0.2) is 40.8 Å². The highest BCUT2D eigenvalue weighted by molar-refractivity contribution is 7.17. The lowest BCUT2D eigenvalue weighted by molar-refractivity contribution is -0.384. The number of fused-ring (bicyclic) bond motifs is 1. The minimum atomic E-state index is -0.508. The zero-order valence-corrected chi connectivity index (χ0v) is 17.9. The fourth-order valence-electron chi connectivity index (χ4n) is 3.21. The number of nitrogens with one attached hydrogen (secondary N) is 1. The van der Waals surface area contributed by atoms with Crippen LogP contribution in [0.15, 0.2) is 30.3 Å². The summed E-state index contributed by atoms with van der Waals surface area (Å²) in [5.74, 6) is -1.01. The van der Waals surface area contributed by atoms with Gasteiger partial charge in [-0.2, -0.15) is 0 Å². The molecule has 0 bridgehead atoms. The number of anilines is 1. The minimum Gasteiger partial charge on any atom is -0.462 e. The standard InChI is InChI=1S/C21H21N3O6S/c1-3-30-21(27)19-16-10-11-23(13(2)25)12-17(16)31-20(19)22-18(26)9-6-14-4-7-15(8-5-14)24(28)29/h4-9H,3,10-12H2,1-2H3,(H,22,26). The van der Waals surface area contributed by atoms with Crippen LogP contribution in [0.25, 0.3) is 6.08 Å². The molecule has 0 radical (unpaired) electrons. The van der Waals surface area contributed by atoms with E-state index in [4.69, 9.17) is 4.74 Å². The molecule has 31 heavy (non-hydrogen) atoms. The first-order chi connectivity index (χ1) is 14.8. The number of nitro benzene ring substituents is 1. The van der Waals surface area contributed by atoms with Crippen molar-refractivity contribution in [3.63, 3.8) is 0 Å². The summed E-state index contributed by atoms with van der Waals surface area (Å²) >= 11 is 1.26. The lowest BCUT2D eigenvalue weighted by Gasteiger charge is -2.25. The average Bonchev–Trinajstić information content (AvgIpc) is 3.09. The molecule has 0 fully saturated rings. The highest BCUT2D eigenvalue weighted by Crippen LogP contribution is 2.37. The fourth-order valence-corrected chi connectivity index (χ4v) is 4.47. The van der Waals surface area contributed by atoms with Crippen molar-refractivity contribution in [2.24, 2.45) is 0 Å². The summed E-state index contributed by atoms with van der Waals surface area (Å²) in [5, 5.41) is 13.8. The van der Waals surface area contributed by atoms with Crippen LogP contribution in [0.3, 0.4) is 0 Å². The van der Waals surface area contributed by atoms with Gasteiger partial charge >= 0.3 is 5.97 Å². The second kappa shape index (κ2) is 9.52. The molecule has 0 atom stereocenters. The lowest BCUT2D eigenvalue weighted by Crippen LogP contribution is -2.34. The molecule has 3 rings (SSSR count). The van der Waals surface area contributed by atoms with Crippen molar-refractivity contribution < 1.29 is 24.0 Å². The predicted molar refractivity (Wildman–Crippen MR) is 116 cm³/mol. The number of amides is 2. The van der Waals surface area contributed by atoms with Crippen LogP contribution >= 0.6 is 11.3 Å². The Labute approximate surface area is 182 Å². The summed E-state index contributed by atoms with van der Waals surface area (Å²) in [7, 11) is 0. The second-order valence-electron chi connectivity index (χ2n) is 6.79. The molecule has 0 spiro atoms. The number of benzene rings is 1. The molecule has 0 saturated heterocycles. The summed E-state index contributed by atoms with van der Waals surface area (Å²) < 4.78 is 5.17. The number of ether oxygens (including phenoxy) is 1. The van der Waals surface area contributed by atoms with E-state index in [0.29, 0.717) is 35.6 Å². The van der Waals surface area contributed by atoms with E-state index in [9.17, 15) is 24.5 Å². The Bertz CT molecular complexity index is 1060. The van der Waals surface area contributed by atoms with E-state index in [2.05, 4.69) is 5.32 Å². The number of rotatable bonds is 6. The van der Waals surface area contributed by atoms with Gasteiger partial charge in [0.15, 0.2) is 0 Å². The Kier molecular flexibility index (Phi) is 6.81. The molecule has 2 aromatic rings. The van der Waals surface area contributed by atoms with Crippen molar-refractivity contribution in [2.45, 2.75) is 26.8 Å². The summed E-state index contributed by atoms with van der Waals surface area (Å²) in [4.78, 5) is 49.5. The van der Waals surface area contributed by atoms with Crippen LogP contribution in [0, 0.1) is 10.1 Å². The number of carbonyl (C=O) groups excluding carboxylic acids is 3. The molecule has 2 heterocycles. The number of carbonyl (C=O) groups is 3. The smallest absolute Gasteiger partial charge is 0.341 e. The van der Waals surface area contributed by atoms with Gasteiger partial charge in [-0.1, -0.05) is 0 Å². The second-order valence-corrected chi connectivity index (χ2v) is 7.90. The third-order valence-electron chi connectivity index (χ3n) is 4.75. The Balaban J connectivity index is 1.81. The predicted octanol–water partition coefficient (Wildman–Crippen LogP) is 3.39. The Morgan fingerprint density at radius 1 is 1.29 bits per heavy atom. The Hall–Kier alpha value is -3.53. The monoisotopic (exact) mass is 443 g/mol. The third kappa shape index (κ3) is 5.15. The maximum atomic E-state index is 12.5. The van der Waals surface area contributed by atoms with Crippen molar-refractivity contribution in [1.29, 1.82) is 0 Å². The highest BCUT2D eigenvalue weighted by atomic mass is 32.1. The first-order valence-corrected chi connectivity index (χ1v) is 10.4. The molecule has 162 valence electrons. The van der Waals surface area contributed by atoms with Crippen LogP contribution in [0.1, 0.15) is 40.2 Å².